The zero-order valence-corrected chi connectivity index (χ0v) is 51.4. The van der Waals surface area contributed by atoms with Gasteiger partial charge in [-0.05, 0) is 103 Å². The Morgan fingerprint density at radius 2 is 0.551 bits per heavy atom. The van der Waals surface area contributed by atoms with Crippen molar-refractivity contribution >= 4 is 17.9 Å². The van der Waals surface area contributed by atoms with Crippen LogP contribution < -0.4 is 0 Å². The number of esters is 3. The maximum atomic E-state index is 12.9. The van der Waals surface area contributed by atoms with Crippen LogP contribution in [0.3, 0.4) is 0 Å². The summed E-state index contributed by atoms with van der Waals surface area (Å²) in [5.41, 5.74) is 0. The Bertz CT molecular complexity index is 1530. The molecule has 0 saturated heterocycles. The monoisotopic (exact) mass is 1080 g/mol. The van der Waals surface area contributed by atoms with Gasteiger partial charge in [-0.25, -0.2) is 0 Å². The summed E-state index contributed by atoms with van der Waals surface area (Å²) in [6.07, 6.45) is 88.9. The van der Waals surface area contributed by atoms with Gasteiger partial charge < -0.3 is 14.2 Å². The molecule has 0 aromatic rings. The zero-order chi connectivity index (χ0) is 56.4. The van der Waals surface area contributed by atoms with E-state index in [1.807, 2.05) is 6.08 Å². The molecule has 78 heavy (non-hydrogen) atoms. The quantitative estimate of drug-likeness (QED) is 0.0261. The third-order valence-electron chi connectivity index (χ3n) is 14.3. The molecule has 0 fully saturated rings. The lowest BCUT2D eigenvalue weighted by atomic mass is 10.0. The first-order valence-corrected chi connectivity index (χ1v) is 33.2. The van der Waals surface area contributed by atoms with E-state index in [0.717, 1.165) is 89.9 Å². The van der Waals surface area contributed by atoms with Crippen LogP contribution in [0.25, 0.3) is 0 Å². The average Bonchev–Trinajstić information content (AvgIpc) is 3.44. The van der Waals surface area contributed by atoms with Gasteiger partial charge in [-0.15, -0.1) is 0 Å². The largest absolute Gasteiger partial charge is 0.462 e. The number of rotatable bonds is 60. The first-order valence-electron chi connectivity index (χ1n) is 33.2. The maximum absolute atomic E-state index is 12.9. The molecule has 0 bridgehead atoms. The molecule has 0 spiro atoms. The standard InChI is InChI=1S/C72H124O6/c1-4-7-10-13-16-19-22-25-28-30-31-32-33-34-35-36-37-38-39-40-41-42-45-47-50-53-56-59-62-65-71(74)77-68-69(67-76-70(73)64-61-58-55-52-49-46-43-27-24-21-18-15-12-9-6-3)78-72(75)66-63-60-57-54-51-48-44-29-26-23-20-17-14-11-8-5-2/h9,12,18,21-22,25,27,29-31,43-44,49,52,58,61,69H,4-8,10-11,13-17,19-20,23-24,26,28,32-42,45-48,50-51,53-57,59-60,62-68H2,1-3H3/b12-9-,21-18-,25-22-,31-30-,43-27-,44-29-,52-49-,61-58-. The van der Waals surface area contributed by atoms with E-state index in [1.165, 1.54) is 193 Å². The Labute approximate surface area is 483 Å². The Morgan fingerprint density at radius 3 is 0.910 bits per heavy atom. The van der Waals surface area contributed by atoms with Crippen LogP contribution >= 0.6 is 0 Å². The number of ether oxygens (including phenoxy) is 3. The Hall–Kier alpha value is -3.67. The Balaban J connectivity index is 4.30. The molecule has 0 aliphatic rings. The highest BCUT2D eigenvalue weighted by atomic mass is 16.6. The Kier molecular flexibility index (Phi) is 62.7. The van der Waals surface area contributed by atoms with Crippen LogP contribution in [-0.4, -0.2) is 37.2 Å². The molecular formula is C72H124O6. The van der Waals surface area contributed by atoms with Crippen molar-refractivity contribution in [2.45, 2.75) is 329 Å². The van der Waals surface area contributed by atoms with Gasteiger partial charge in [-0.1, -0.05) is 298 Å². The van der Waals surface area contributed by atoms with Crippen molar-refractivity contribution in [2.24, 2.45) is 0 Å². The van der Waals surface area contributed by atoms with E-state index in [0.29, 0.717) is 12.8 Å². The van der Waals surface area contributed by atoms with Crippen LogP contribution in [0.2, 0.25) is 0 Å². The minimum absolute atomic E-state index is 0.109. The minimum atomic E-state index is -0.822. The second-order valence-electron chi connectivity index (χ2n) is 22.0. The van der Waals surface area contributed by atoms with Gasteiger partial charge in [0, 0.05) is 12.8 Å². The predicted octanol–water partition coefficient (Wildman–Crippen LogP) is 22.8. The summed E-state index contributed by atoms with van der Waals surface area (Å²) in [5.74, 6) is -1.04. The van der Waals surface area contributed by atoms with Gasteiger partial charge in [-0.3, -0.25) is 14.4 Å². The van der Waals surface area contributed by atoms with Crippen molar-refractivity contribution in [1.82, 2.24) is 0 Å². The molecule has 0 radical (unpaired) electrons. The highest BCUT2D eigenvalue weighted by molar-refractivity contribution is 5.72. The number of carbonyl (C=O) groups excluding carboxylic acids is 3. The summed E-state index contributed by atoms with van der Waals surface area (Å²) in [4.78, 5) is 38.2. The van der Waals surface area contributed by atoms with Crippen LogP contribution in [0.15, 0.2) is 97.2 Å². The first kappa shape index (κ1) is 74.3. The third kappa shape index (κ3) is 63.2. The van der Waals surface area contributed by atoms with Crippen molar-refractivity contribution < 1.29 is 28.6 Å². The smallest absolute Gasteiger partial charge is 0.309 e. The molecule has 0 N–H and O–H groups in total. The van der Waals surface area contributed by atoms with Gasteiger partial charge in [0.1, 0.15) is 13.2 Å². The lowest BCUT2D eigenvalue weighted by Crippen LogP contribution is -2.30. The van der Waals surface area contributed by atoms with Crippen molar-refractivity contribution in [1.29, 1.82) is 0 Å². The van der Waals surface area contributed by atoms with Crippen molar-refractivity contribution in [2.75, 3.05) is 13.2 Å². The molecule has 1 unspecified atom stereocenters. The van der Waals surface area contributed by atoms with Gasteiger partial charge in [-0.2, -0.15) is 0 Å². The summed E-state index contributed by atoms with van der Waals surface area (Å²) < 4.78 is 16.8. The van der Waals surface area contributed by atoms with E-state index in [9.17, 15) is 14.4 Å². The van der Waals surface area contributed by atoms with E-state index in [-0.39, 0.29) is 31.6 Å². The second-order valence-corrected chi connectivity index (χ2v) is 22.0. The Morgan fingerprint density at radius 1 is 0.282 bits per heavy atom. The number of unbranched alkanes of at least 4 members (excludes halogenated alkanes) is 34. The van der Waals surface area contributed by atoms with Crippen LogP contribution in [0, 0.1) is 0 Å². The summed E-state index contributed by atoms with van der Waals surface area (Å²) in [6.45, 7) is 6.45. The molecule has 0 saturated carbocycles. The van der Waals surface area contributed by atoms with Crippen molar-refractivity contribution in [3.8, 4) is 0 Å². The lowest BCUT2D eigenvalue weighted by molar-refractivity contribution is -0.166. The van der Waals surface area contributed by atoms with Crippen LogP contribution in [0.4, 0.5) is 0 Å². The van der Waals surface area contributed by atoms with E-state index < -0.39 is 12.1 Å². The minimum Gasteiger partial charge on any atom is -0.462 e. The molecule has 448 valence electrons. The fourth-order valence-electron chi connectivity index (χ4n) is 9.37. The van der Waals surface area contributed by atoms with Crippen molar-refractivity contribution in [3.63, 3.8) is 0 Å². The topological polar surface area (TPSA) is 78.9 Å². The van der Waals surface area contributed by atoms with Gasteiger partial charge in [0.25, 0.3) is 0 Å². The molecule has 6 nitrogen and oxygen atoms in total. The summed E-state index contributed by atoms with van der Waals surface area (Å²) >= 11 is 0. The third-order valence-corrected chi connectivity index (χ3v) is 14.3. The summed E-state index contributed by atoms with van der Waals surface area (Å²) in [6, 6.07) is 0. The van der Waals surface area contributed by atoms with Crippen LogP contribution in [-0.2, 0) is 28.6 Å². The molecule has 0 rings (SSSR count). The van der Waals surface area contributed by atoms with E-state index >= 15 is 0 Å². The highest BCUT2D eigenvalue weighted by Crippen LogP contribution is 2.17. The zero-order valence-electron chi connectivity index (χ0n) is 51.4. The summed E-state index contributed by atoms with van der Waals surface area (Å²) in [5, 5.41) is 0. The van der Waals surface area contributed by atoms with Crippen molar-refractivity contribution in [3.05, 3.63) is 97.2 Å². The molecule has 0 aromatic heterocycles. The van der Waals surface area contributed by atoms with Crippen LogP contribution in [0.1, 0.15) is 323 Å². The van der Waals surface area contributed by atoms with E-state index in [2.05, 4.69) is 106 Å². The molecule has 0 aromatic carbocycles. The van der Waals surface area contributed by atoms with Gasteiger partial charge >= 0.3 is 17.9 Å². The molecule has 0 aliphatic carbocycles. The van der Waals surface area contributed by atoms with Gasteiger partial charge in [0.05, 0.1) is 6.42 Å². The normalized spacial score (nSPS) is 12.7. The summed E-state index contributed by atoms with van der Waals surface area (Å²) in [7, 11) is 0. The molecule has 1 atom stereocenters. The maximum Gasteiger partial charge on any atom is 0.309 e. The van der Waals surface area contributed by atoms with Gasteiger partial charge in [0.15, 0.2) is 6.10 Å². The molecule has 0 heterocycles. The molecule has 0 amide bonds. The van der Waals surface area contributed by atoms with E-state index in [1.54, 1.807) is 6.08 Å². The fraction of sp³-hybridized carbons (Fsp3) is 0.736. The van der Waals surface area contributed by atoms with Crippen LogP contribution in [0.5, 0.6) is 0 Å². The number of hydrogen-bond donors (Lipinski definition) is 0. The highest BCUT2D eigenvalue weighted by Gasteiger charge is 2.19. The average molecular weight is 1090 g/mol. The SMILES string of the molecule is CC/C=C\C/C=C\C/C=C\C/C=C\C/C=C\CC(=O)OCC(COC(=O)CCCCCCCCCCCCCCCCCCC/C=C\C/C=C\CCCCCCC)OC(=O)CCCCCCC/C=C\CCCCCCCCC. The number of carbonyl (C=O) groups is 3. The first-order chi connectivity index (χ1) is 38.5. The lowest BCUT2D eigenvalue weighted by Gasteiger charge is -2.18. The number of hydrogen-bond acceptors (Lipinski definition) is 6. The number of allylic oxidation sites excluding steroid dienone is 15. The predicted molar refractivity (Wildman–Crippen MR) is 339 cm³/mol. The van der Waals surface area contributed by atoms with E-state index in [4.69, 9.17) is 14.2 Å². The fourth-order valence-corrected chi connectivity index (χ4v) is 9.37. The molecule has 6 heteroatoms. The molecular weight excluding hydrogens is 961 g/mol. The second kappa shape index (κ2) is 65.8. The van der Waals surface area contributed by atoms with Gasteiger partial charge in [0.2, 0.25) is 0 Å². The molecule has 0 aliphatic heterocycles.